The number of carbonyl (C=O) groups excluding carboxylic acids is 2. The first-order valence-corrected chi connectivity index (χ1v) is 13.7. The van der Waals surface area contributed by atoms with Crippen LogP contribution >= 0.6 is 0 Å². The van der Waals surface area contributed by atoms with Crippen LogP contribution in [0.25, 0.3) is 0 Å². The van der Waals surface area contributed by atoms with E-state index < -0.39 is 124 Å². The number of ether oxygens (including phenoxy) is 6. The first kappa shape index (κ1) is 35.8. The van der Waals surface area contributed by atoms with E-state index in [1.54, 1.807) is 0 Å². The van der Waals surface area contributed by atoms with Gasteiger partial charge in [0.15, 0.2) is 18.9 Å². The fourth-order valence-electron chi connectivity index (χ4n) is 5.18. The van der Waals surface area contributed by atoms with Crippen LogP contribution in [-0.2, 0) is 38.0 Å². The Morgan fingerprint density at radius 3 is 1.56 bits per heavy atom. The summed E-state index contributed by atoms with van der Waals surface area (Å²) >= 11 is 0. The summed E-state index contributed by atoms with van der Waals surface area (Å²) in [5.74, 6) is -1.22. The number of amides is 2. The molecule has 3 fully saturated rings. The molecule has 43 heavy (non-hydrogen) atoms. The molecule has 0 radical (unpaired) electrons. The monoisotopic (exact) mass is 629 g/mol. The Bertz CT molecular complexity index is 903. The second-order valence-corrected chi connectivity index (χ2v) is 10.4. The highest BCUT2D eigenvalue weighted by Crippen LogP contribution is 2.32. The molecule has 19 heteroatoms. The quantitative estimate of drug-likeness (QED) is 0.0955. The van der Waals surface area contributed by atoms with Crippen molar-refractivity contribution in [1.82, 2.24) is 10.6 Å². The molecule has 250 valence electrons. The molecule has 12 N–H and O–H groups in total. The molecule has 0 saturated carbocycles. The molecule has 15 atom stereocenters. The van der Waals surface area contributed by atoms with Gasteiger partial charge in [-0.3, -0.25) is 9.59 Å². The van der Waals surface area contributed by atoms with Gasteiger partial charge in [-0.2, -0.15) is 0 Å². The Labute approximate surface area is 246 Å². The van der Waals surface area contributed by atoms with Crippen molar-refractivity contribution in [3.05, 3.63) is 0 Å². The largest absolute Gasteiger partial charge is 0.394 e. The molecule has 3 saturated heterocycles. The highest BCUT2D eigenvalue weighted by atomic mass is 16.8. The molecule has 3 aliphatic heterocycles. The number of hydrogen-bond acceptors (Lipinski definition) is 17. The number of aliphatic hydroxyl groups excluding tert-OH is 8. The second kappa shape index (κ2) is 16.1. The van der Waals surface area contributed by atoms with Crippen molar-refractivity contribution < 1.29 is 78.9 Å². The maximum Gasteiger partial charge on any atom is 0.217 e. The van der Waals surface area contributed by atoms with Crippen LogP contribution < -0.4 is 16.4 Å². The van der Waals surface area contributed by atoms with Gasteiger partial charge in [0.05, 0.1) is 26.4 Å². The summed E-state index contributed by atoms with van der Waals surface area (Å²) in [7, 11) is 0. The van der Waals surface area contributed by atoms with Crippen molar-refractivity contribution in [3.63, 3.8) is 0 Å². The zero-order valence-corrected chi connectivity index (χ0v) is 23.6. The summed E-state index contributed by atoms with van der Waals surface area (Å²) < 4.78 is 33.9. The molecule has 3 aliphatic rings. The Morgan fingerprint density at radius 1 is 0.651 bits per heavy atom. The highest BCUT2D eigenvalue weighted by Gasteiger charge is 2.54. The number of carbonyl (C=O) groups is 2. The lowest BCUT2D eigenvalue weighted by atomic mass is 9.94. The van der Waals surface area contributed by atoms with E-state index in [9.17, 15) is 50.4 Å². The van der Waals surface area contributed by atoms with Crippen LogP contribution in [0, 0.1) is 0 Å². The van der Waals surface area contributed by atoms with Crippen LogP contribution in [0.15, 0.2) is 0 Å². The molecule has 19 nitrogen and oxygen atoms in total. The first-order valence-electron chi connectivity index (χ1n) is 13.7. The number of hydrogen-bond donors (Lipinski definition) is 11. The van der Waals surface area contributed by atoms with E-state index in [-0.39, 0.29) is 13.2 Å². The third-order valence-corrected chi connectivity index (χ3v) is 7.28. The summed E-state index contributed by atoms with van der Waals surface area (Å²) in [4.78, 5) is 23.9. The molecule has 3 heterocycles. The minimum absolute atomic E-state index is 0.00626. The van der Waals surface area contributed by atoms with Gasteiger partial charge < -0.3 is 85.6 Å². The van der Waals surface area contributed by atoms with Crippen LogP contribution in [0.3, 0.4) is 0 Å². The molecule has 0 aromatic carbocycles. The SMILES string of the molecule is CC(=O)NC1[C@H](O[C@@H]2C(CO)O[C@@H](OCCN)C(NC(C)=O)[C@H]2O)OC(CO)[C@@H](O[C@@H]2OC(CO)[C@@H](O)[C@H](O)C2O)[C@@H]1O. The van der Waals surface area contributed by atoms with Crippen molar-refractivity contribution in [2.45, 2.75) is 106 Å². The van der Waals surface area contributed by atoms with E-state index in [0.717, 1.165) is 6.92 Å². The van der Waals surface area contributed by atoms with Crippen LogP contribution in [0.5, 0.6) is 0 Å². The average Bonchev–Trinajstić information content (AvgIpc) is 2.97. The van der Waals surface area contributed by atoms with E-state index in [2.05, 4.69) is 10.6 Å². The summed E-state index contributed by atoms with van der Waals surface area (Å²) in [6.07, 6.45) is -20.3. The number of aliphatic hydroxyl groups is 8. The van der Waals surface area contributed by atoms with E-state index >= 15 is 0 Å². The predicted molar refractivity (Wildman–Crippen MR) is 137 cm³/mol. The third-order valence-electron chi connectivity index (χ3n) is 7.28. The van der Waals surface area contributed by atoms with E-state index in [0.29, 0.717) is 0 Å². The van der Waals surface area contributed by atoms with Gasteiger partial charge in [0, 0.05) is 20.4 Å². The van der Waals surface area contributed by atoms with Gasteiger partial charge in [-0.15, -0.1) is 0 Å². The highest BCUT2D eigenvalue weighted by molar-refractivity contribution is 5.73. The molecule has 0 aromatic heterocycles. The lowest BCUT2D eigenvalue weighted by Gasteiger charge is -2.49. The van der Waals surface area contributed by atoms with Crippen molar-refractivity contribution in [3.8, 4) is 0 Å². The Hall–Kier alpha value is -1.66. The second-order valence-electron chi connectivity index (χ2n) is 10.4. The lowest BCUT2D eigenvalue weighted by Crippen LogP contribution is -2.70. The van der Waals surface area contributed by atoms with Gasteiger partial charge in [-0.25, -0.2) is 0 Å². The van der Waals surface area contributed by atoms with Crippen molar-refractivity contribution in [1.29, 1.82) is 0 Å². The maximum absolute atomic E-state index is 12.1. The van der Waals surface area contributed by atoms with Gasteiger partial charge in [0.2, 0.25) is 11.8 Å². The Balaban J connectivity index is 1.86. The van der Waals surface area contributed by atoms with Crippen molar-refractivity contribution in [2.75, 3.05) is 33.0 Å². The smallest absolute Gasteiger partial charge is 0.217 e. The van der Waals surface area contributed by atoms with E-state index in [4.69, 9.17) is 34.2 Å². The van der Waals surface area contributed by atoms with E-state index in [1.165, 1.54) is 6.92 Å². The standard InChI is InChI=1S/C24H43N3O16/c1-8(31)26-13-16(34)20(11(6-29)40-22(13)38-4-3-25)42-23-14(27-9(2)32)17(35)21(12(7-30)41-23)43-24-19(37)18(36)15(33)10(5-28)39-24/h10-24,28-30,33-37H,3-7,25H2,1-2H3,(H,26,31)(H,27,32)/t10?,11?,12?,13?,14?,15-,16-,17-,18+,19?,20-,21-,22-,23+,24+/m1/s1. The topological polar surface area (TPSA) is 301 Å². The van der Waals surface area contributed by atoms with Crippen molar-refractivity contribution in [2.24, 2.45) is 5.73 Å². The number of nitrogens with two attached hydrogens (primary N) is 1. The summed E-state index contributed by atoms with van der Waals surface area (Å²) in [5, 5.41) is 87.5. The van der Waals surface area contributed by atoms with Crippen molar-refractivity contribution >= 4 is 11.8 Å². The fraction of sp³-hybridized carbons (Fsp3) is 0.917. The average molecular weight is 630 g/mol. The zero-order chi connectivity index (χ0) is 32.0. The molecule has 3 rings (SSSR count). The molecular formula is C24H43N3O16. The molecule has 0 aliphatic carbocycles. The molecule has 0 bridgehead atoms. The first-order chi connectivity index (χ1) is 20.4. The molecule has 6 unspecified atom stereocenters. The molecule has 0 aromatic rings. The van der Waals surface area contributed by atoms with Crippen LogP contribution in [0.1, 0.15) is 13.8 Å². The maximum atomic E-state index is 12.1. The van der Waals surface area contributed by atoms with Crippen LogP contribution in [0.4, 0.5) is 0 Å². The molecule has 0 spiro atoms. The van der Waals surface area contributed by atoms with Gasteiger partial charge in [0.25, 0.3) is 0 Å². The summed E-state index contributed by atoms with van der Waals surface area (Å²) in [6.45, 7) is 0.122. The Morgan fingerprint density at radius 2 is 1.09 bits per heavy atom. The van der Waals surface area contributed by atoms with Gasteiger partial charge in [-0.05, 0) is 0 Å². The normalized spacial score (nSPS) is 43.7. The van der Waals surface area contributed by atoms with Gasteiger partial charge in [-0.1, -0.05) is 0 Å². The Kier molecular flexibility index (Phi) is 13.4. The minimum Gasteiger partial charge on any atom is -0.394 e. The predicted octanol–water partition coefficient (Wildman–Crippen LogP) is -7.30. The van der Waals surface area contributed by atoms with Gasteiger partial charge in [0.1, 0.15) is 73.1 Å². The zero-order valence-electron chi connectivity index (χ0n) is 23.6. The molecular weight excluding hydrogens is 586 g/mol. The van der Waals surface area contributed by atoms with Crippen LogP contribution in [0.2, 0.25) is 0 Å². The van der Waals surface area contributed by atoms with Crippen LogP contribution in [-0.4, -0.2) is 178 Å². The third kappa shape index (κ3) is 8.34. The summed E-state index contributed by atoms with van der Waals surface area (Å²) in [6, 6.07) is -2.67. The van der Waals surface area contributed by atoms with E-state index in [1.807, 2.05) is 0 Å². The number of nitrogens with one attached hydrogen (secondary N) is 2. The summed E-state index contributed by atoms with van der Waals surface area (Å²) in [5.41, 5.74) is 5.48. The fourth-order valence-corrected chi connectivity index (χ4v) is 5.18. The van der Waals surface area contributed by atoms with Gasteiger partial charge >= 0.3 is 0 Å². The number of rotatable bonds is 12. The minimum atomic E-state index is -1.85. The lowest BCUT2D eigenvalue weighted by molar-refractivity contribution is -0.361. The molecule has 2 amide bonds.